The molecule has 1 unspecified atom stereocenters. The molecule has 1 atom stereocenters. The van der Waals surface area contributed by atoms with Gasteiger partial charge in [-0.05, 0) is 52.1 Å². The number of nitrogens with one attached hydrogen (secondary N) is 2. The lowest BCUT2D eigenvalue weighted by molar-refractivity contribution is -0.124. The van der Waals surface area contributed by atoms with Crippen LogP contribution in [0.15, 0.2) is 30.3 Å². The molecule has 0 aliphatic carbocycles. The van der Waals surface area contributed by atoms with E-state index in [1.807, 2.05) is 26.8 Å². The largest absolute Gasteiger partial charge is 0.350 e. The Morgan fingerprint density at radius 1 is 1.25 bits per heavy atom. The van der Waals surface area contributed by atoms with Crippen molar-refractivity contribution in [2.24, 2.45) is 0 Å². The maximum Gasteiger partial charge on any atom is 0.237 e. The van der Waals surface area contributed by atoms with E-state index in [0.29, 0.717) is 0 Å². The number of rotatable bonds is 8. The van der Waals surface area contributed by atoms with Crippen LogP contribution in [-0.2, 0) is 11.2 Å². The summed E-state index contributed by atoms with van der Waals surface area (Å²) >= 11 is 0. The van der Waals surface area contributed by atoms with Crippen LogP contribution in [0.3, 0.4) is 0 Å². The van der Waals surface area contributed by atoms with Crippen LogP contribution in [0, 0.1) is 0 Å². The number of carbonyl (C=O) groups is 1. The summed E-state index contributed by atoms with van der Waals surface area (Å²) in [5.41, 5.74) is 1.22. The summed E-state index contributed by atoms with van der Waals surface area (Å²) in [7, 11) is 0. The Hall–Kier alpha value is -1.35. The molecule has 1 rings (SSSR count). The number of hydrogen-bond donors (Lipinski definition) is 2. The van der Waals surface area contributed by atoms with Crippen molar-refractivity contribution in [3.05, 3.63) is 35.9 Å². The topological polar surface area (TPSA) is 41.1 Å². The molecule has 0 saturated heterocycles. The van der Waals surface area contributed by atoms with Crippen molar-refractivity contribution in [3.63, 3.8) is 0 Å². The van der Waals surface area contributed by atoms with Crippen LogP contribution in [0.25, 0.3) is 0 Å². The van der Waals surface area contributed by atoms with Gasteiger partial charge in [0.25, 0.3) is 0 Å². The Balaban J connectivity index is 2.23. The first-order valence-corrected chi connectivity index (χ1v) is 7.54. The smallest absolute Gasteiger partial charge is 0.237 e. The van der Waals surface area contributed by atoms with E-state index in [0.717, 1.165) is 25.8 Å². The monoisotopic (exact) mass is 276 g/mol. The third kappa shape index (κ3) is 6.20. The zero-order valence-electron chi connectivity index (χ0n) is 13.2. The van der Waals surface area contributed by atoms with E-state index in [2.05, 4.69) is 41.8 Å². The second-order valence-corrected chi connectivity index (χ2v) is 5.99. The Bertz CT molecular complexity index is 401. The number of carbonyl (C=O) groups excluding carboxylic acids is 1. The number of aryl methyl sites for hydroxylation is 1. The zero-order valence-corrected chi connectivity index (χ0v) is 13.2. The van der Waals surface area contributed by atoms with Crippen LogP contribution in [-0.4, -0.2) is 24.0 Å². The fourth-order valence-corrected chi connectivity index (χ4v) is 1.88. The SMILES string of the molecule is CCC(C)(C)NC(=O)C(C)NCCCc1ccccc1. The summed E-state index contributed by atoms with van der Waals surface area (Å²) < 4.78 is 0. The molecule has 0 radical (unpaired) electrons. The van der Waals surface area contributed by atoms with Gasteiger partial charge in [-0.2, -0.15) is 0 Å². The minimum absolute atomic E-state index is 0.0801. The summed E-state index contributed by atoms with van der Waals surface area (Å²) in [6.07, 6.45) is 3.01. The lowest BCUT2D eigenvalue weighted by Crippen LogP contribution is -2.50. The molecule has 0 bridgehead atoms. The van der Waals surface area contributed by atoms with Crippen LogP contribution < -0.4 is 10.6 Å². The zero-order chi connectivity index (χ0) is 15.0. The molecule has 3 heteroatoms. The van der Waals surface area contributed by atoms with Crippen molar-refractivity contribution in [3.8, 4) is 0 Å². The van der Waals surface area contributed by atoms with E-state index in [1.165, 1.54) is 5.56 Å². The van der Waals surface area contributed by atoms with Crippen LogP contribution in [0.1, 0.15) is 46.1 Å². The molecular formula is C17H28N2O. The van der Waals surface area contributed by atoms with E-state index < -0.39 is 0 Å². The molecule has 0 heterocycles. The highest BCUT2D eigenvalue weighted by molar-refractivity contribution is 5.81. The van der Waals surface area contributed by atoms with Gasteiger partial charge in [-0.3, -0.25) is 4.79 Å². The van der Waals surface area contributed by atoms with E-state index in [1.54, 1.807) is 0 Å². The van der Waals surface area contributed by atoms with Gasteiger partial charge in [0, 0.05) is 5.54 Å². The Kier molecular flexibility index (Phi) is 6.73. The standard InChI is InChI=1S/C17H28N2O/c1-5-17(3,4)19-16(20)14(2)18-13-9-12-15-10-7-6-8-11-15/h6-8,10-11,14,18H,5,9,12-13H2,1-4H3,(H,19,20). The fourth-order valence-electron chi connectivity index (χ4n) is 1.88. The van der Waals surface area contributed by atoms with Crippen LogP contribution in [0.4, 0.5) is 0 Å². The molecule has 0 aliphatic heterocycles. The maximum atomic E-state index is 12.0. The summed E-state index contributed by atoms with van der Waals surface area (Å²) in [4.78, 5) is 12.0. The summed E-state index contributed by atoms with van der Waals surface area (Å²) in [6, 6.07) is 10.3. The van der Waals surface area contributed by atoms with E-state index in [4.69, 9.17) is 0 Å². The maximum absolute atomic E-state index is 12.0. The van der Waals surface area contributed by atoms with Crippen molar-refractivity contribution in [1.29, 1.82) is 0 Å². The average Bonchev–Trinajstić information content (AvgIpc) is 2.44. The first-order chi connectivity index (χ1) is 9.44. The van der Waals surface area contributed by atoms with Gasteiger partial charge in [0.2, 0.25) is 5.91 Å². The second-order valence-electron chi connectivity index (χ2n) is 5.99. The van der Waals surface area contributed by atoms with Gasteiger partial charge in [0.1, 0.15) is 0 Å². The minimum atomic E-state index is -0.142. The molecule has 0 spiro atoms. The van der Waals surface area contributed by atoms with Gasteiger partial charge in [0.05, 0.1) is 6.04 Å². The second kappa shape index (κ2) is 8.05. The van der Waals surface area contributed by atoms with Gasteiger partial charge in [-0.25, -0.2) is 0 Å². The molecule has 20 heavy (non-hydrogen) atoms. The van der Waals surface area contributed by atoms with Crippen molar-refractivity contribution in [1.82, 2.24) is 10.6 Å². The van der Waals surface area contributed by atoms with Gasteiger partial charge in [0.15, 0.2) is 0 Å². The third-order valence-corrected chi connectivity index (χ3v) is 3.67. The molecule has 2 N–H and O–H groups in total. The highest BCUT2D eigenvalue weighted by Crippen LogP contribution is 2.07. The molecule has 0 aliphatic rings. The van der Waals surface area contributed by atoms with E-state index >= 15 is 0 Å². The molecule has 0 fully saturated rings. The predicted molar refractivity (Wildman–Crippen MR) is 84.7 cm³/mol. The molecule has 1 aromatic rings. The van der Waals surface area contributed by atoms with Crippen molar-refractivity contribution in [2.45, 2.75) is 58.5 Å². The van der Waals surface area contributed by atoms with Gasteiger partial charge in [-0.1, -0.05) is 37.3 Å². The molecule has 3 nitrogen and oxygen atoms in total. The van der Waals surface area contributed by atoms with Crippen LogP contribution in [0.2, 0.25) is 0 Å². The molecule has 1 amide bonds. The molecule has 112 valence electrons. The van der Waals surface area contributed by atoms with Crippen LogP contribution in [0.5, 0.6) is 0 Å². The van der Waals surface area contributed by atoms with Crippen molar-refractivity contribution in [2.75, 3.05) is 6.54 Å². The lowest BCUT2D eigenvalue weighted by Gasteiger charge is -2.26. The van der Waals surface area contributed by atoms with Crippen molar-refractivity contribution < 1.29 is 4.79 Å². The quantitative estimate of drug-likeness (QED) is 0.717. The number of amides is 1. The summed E-state index contributed by atoms with van der Waals surface area (Å²) in [6.45, 7) is 8.96. The average molecular weight is 276 g/mol. The van der Waals surface area contributed by atoms with E-state index in [9.17, 15) is 4.79 Å². The van der Waals surface area contributed by atoms with Crippen LogP contribution >= 0.6 is 0 Å². The van der Waals surface area contributed by atoms with Gasteiger partial charge in [-0.15, -0.1) is 0 Å². The van der Waals surface area contributed by atoms with E-state index in [-0.39, 0.29) is 17.5 Å². The predicted octanol–water partition coefficient (Wildman–Crippen LogP) is 2.90. The highest BCUT2D eigenvalue weighted by Gasteiger charge is 2.21. The van der Waals surface area contributed by atoms with Crippen molar-refractivity contribution >= 4 is 5.91 Å². The summed E-state index contributed by atoms with van der Waals surface area (Å²) in [5.74, 6) is 0.0801. The lowest BCUT2D eigenvalue weighted by atomic mass is 10.0. The first-order valence-electron chi connectivity index (χ1n) is 7.54. The summed E-state index contributed by atoms with van der Waals surface area (Å²) in [5, 5.41) is 6.35. The first kappa shape index (κ1) is 16.7. The number of hydrogen-bond acceptors (Lipinski definition) is 2. The Morgan fingerprint density at radius 2 is 1.90 bits per heavy atom. The Labute approximate surface area is 123 Å². The van der Waals surface area contributed by atoms with Gasteiger partial charge < -0.3 is 10.6 Å². The fraction of sp³-hybridized carbons (Fsp3) is 0.588. The molecule has 1 aromatic carbocycles. The normalized spacial score (nSPS) is 13.0. The van der Waals surface area contributed by atoms with Gasteiger partial charge >= 0.3 is 0 Å². The minimum Gasteiger partial charge on any atom is -0.350 e. The number of benzene rings is 1. The highest BCUT2D eigenvalue weighted by atomic mass is 16.2. The molecule has 0 saturated carbocycles. The molecule has 0 aromatic heterocycles. The Morgan fingerprint density at radius 3 is 2.50 bits per heavy atom. The third-order valence-electron chi connectivity index (χ3n) is 3.67. The molecular weight excluding hydrogens is 248 g/mol.